The summed E-state index contributed by atoms with van der Waals surface area (Å²) >= 11 is 0. The number of ketones is 1. The lowest BCUT2D eigenvalue weighted by Gasteiger charge is -2.15. The Morgan fingerprint density at radius 3 is 2.29 bits per heavy atom. The third-order valence-corrected chi connectivity index (χ3v) is 7.25. The molecule has 0 atom stereocenters. The summed E-state index contributed by atoms with van der Waals surface area (Å²) in [5, 5.41) is 0. The van der Waals surface area contributed by atoms with E-state index in [0.717, 1.165) is 5.75 Å². The normalized spacial score (nSPS) is 11.4. The molecule has 0 saturated heterocycles. The smallest absolute Gasteiger partial charge is 0.426 e. The number of carbonyl (C=O) groups excluding carboxylic acids is 2. The molecular formula is C18H27O7PS2. The molecule has 0 saturated carbocycles. The van der Waals surface area contributed by atoms with Gasteiger partial charge in [0.15, 0.2) is 5.78 Å². The molecule has 0 bridgehead atoms. The zero-order valence-electron chi connectivity index (χ0n) is 16.4. The fourth-order valence-electron chi connectivity index (χ4n) is 2.10. The standard InChI is InChI=1S/C18H27O7PS2/c1-4-22-26(21,23-5-2)24-12-14-28-27-13-8-10-17(20)16-9-6-7-11-18(16)25-15(3)19/h6-7,9,11H,4-5,8,10,12-14H2,1-3H3. The van der Waals surface area contributed by atoms with Gasteiger partial charge in [-0.1, -0.05) is 33.7 Å². The van der Waals surface area contributed by atoms with Crippen LogP contribution in [0.25, 0.3) is 0 Å². The summed E-state index contributed by atoms with van der Waals surface area (Å²) < 4.78 is 32.5. The van der Waals surface area contributed by atoms with Crippen LogP contribution in [0.5, 0.6) is 5.75 Å². The second-order valence-corrected chi connectivity index (χ2v) is 9.75. The number of ether oxygens (including phenoxy) is 1. The molecule has 1 aromatic rings. The van der Waals surface area contributed by atoms with Crippen LogP contribution >= 0.6 is 29.4 Å². The zero-order valence-corrected chi connectivity index (χ0v) is 18.9. The minimum atomic E-state index is -3.45. The van der Waals surface area contributed by atoms with Crippen molar-refractivity contribution in [3.8, 4) is 5.75 Å². The van der Waals surface area contributed by atoms with Gasteiger partial charge < -0.3 is 4.74 Å². The number of hydrogen-bond acceptors (Lipinski definition) is 9. The van der Waals surface area contributed by atoms with Crippen LogP contribution in [-0.4, -0.2) is 43.1 Å². The van der Waals surface area contributed by atoms with E-state index in [4.69, 9.17) is 18.3 Å². The van der Waals surface area contributed by atoms with Crippen LogP contribution in [0, 0.1) is 0 Å². The summed E-state index contributed by atoms with van der Waals surface area (Å²) in [5.41, 5.74) is 0.423. The molecule has 1 aromatic carbocycles. The van der Waals surface area contributed by atoms with Crippen LogP contribution in [0.3, 0.4) is 0 Å². The molecule has 0 aromatic heterocycles. The van der Waals surface area contributed by atoms with Gasteiger partial charge in [-0.25, -0.2) is 4.57 Å². The molecule has 10 heteroatoms. The number of phosphoric acid groups is 1. The lowest BCUT2D eigenvalue weighted by atomic mass is 10.1. The molecule has 0 amide bonds. The number of phosphoric ester groups is 1. The number of rotatable bonds is 15. The van der Waals surface area contributed by atoms with Crippen LogP contribution < -0.4 is 4.74 Å². The second kappa shape index (κ2) is 14.2. The number of carbonyl (C=O) groups is 2. The van der Waals surface area contributed by atoms with Gasteiger partial charge >= 0.3 is 13.8 Å². The highest BCUT2D eigenvalue weighted by Gasteiger charge is 2.24. The third-order valence-electron chi connectivity index (χ3n) is 3.15. The largest absolute Gasteiger partial charge is 0.474 e. The van der Waals surface area contributed by atoms with Crippen molar-refractivity contribution in [3.63, 3.8) is 0 Å². The maximum Gasteiger partial charge on any atom is 0.474 e. The number of Topliss-reactive ketones (excluding diaryl/α,β-unsaturated/α-hetero) is 1. The van der Waals surface area contributed by atoms with E-state index in [1.807, 2.05) is 0 Å². The van der Waals surface area contributed by atoms with E-state index < -0.39 is 13.8 Å². The number of hydrogen-bond donors (Lipinski definition) is 0. The predicted octanol–water partition coefficient (Wildman–Crippen LogP) is 5.15. The van der Waals surface area contributed by atoms with Crippen LogP contribution in [0.2, 0.25) is 0 Å². The van der Waals surface area contributed by atoms with Crippen LogP contribution in [0.4, 0.5) is 0 Å². The lowest BCUT2D eigenvalue weighted by Crippen LogP contribution is -2.07. The van der Waals surface area contributed by atoms with Crippen LogP contribution in [0.1, 0.15) is 44.0 Å². The van der Waals surface area contributed by atoms with Crippen molar-refractivity contribution in [3.05, 3.63) is 29.8 Å². The first-order valence-corrected chi connectivity index (χ1v) is 13.0. The topological polar surface area (TPSA) is 88.1 Å². The molecule has 28 heavy (non-hydrogen) atoms. The predicted molar refractivity (Wildman–Crippen MR) is 113 cm³/mol. The highest BCUT2D eigenvalue weighted by atomic mass is 33.1. The fourth-order valence-corrected chi connectivity index (χ4v) is 5.30. The molecule has 0 aliphatic carbocycles. The van der Waals surface area contributed by atoms with Gasteiger partial charge in [0.1, 0.15) is 5.75 Å². The average Bonchev–Trinajstić information content (AvgIpc) is 2.64. The SMILES string of the molecule is CCOP(=O)(OCC)OCCSSCCCC(=O)c1ccccc1OC(C)=O. The Kier molecular flexibility index (Phi) is 12.8. The minimum absolute atomic E-state index is 0.0554. The number of esters is 1. The summed E-state index contributed by atoms with van der Waals surface area (Å²) in [6.07, 6.45) is 1.06. The van der Waals surface area contributed by atoms with E-state index in [9.17, 15) is 14.2 Å². The molecule has 0 aliphatic rings. The molecule has 158 valence electrons. The van der Waals surface area contributed by atoms with Gasteiger partial charge in [-0.3, -0.25) is 23.2 Å². The first kappa shape index (κ1) is 25.2. The molecule has 0 aliphatic heterocycles. The van der Waals surface area contributed by atoms with Gasteiger partial charge in [-0.2, -0.15) is 0 Å². The number of benzene rings is 1. The highest BCUT2D eigenvalue weighted by molar-refractivity contribution is 8.76. The van der Waals surface area contributed by atoms with E-state index in [0.29, 0.717) is 29.9 Å². The quantitative estimate of drug-likeness (QED) is 0.0898. The Balaban J connectivity index is 2.23. The Morgan fingerprint density at radius 2 is 1.64 bits per heavy atom. The van der Waals surface area contributed by atoms with E-state index in [1.54, 1.807) is 59.7 Å². The van der Waals surface area contributed by atoms with Gasteiger partial charge in [0.25, 0.3) is 0 Å². The molecule has 0 heterocycles. The fraction of sp³-hybridized carbons (Fsp3) is 0.556. The van der Waals surface area contributed by atoms with Crippen molar-refractivity contribution in [2.24, 2.45) is 0 Å². The van der Waals surface area contributed by atoms with Crippen molar-refractivity contribution in [2.45, 2.75) is 33.6 Å². The molecule has 0 fully saturated rings. The van der Waals surface area contributed by atoms with Gasteiger partial charge in [-0.05, 0) is 32.4 Å². The summed E-state index contributed by atoms with van der Waals surface area (Å²) in [6, 6.07) is 6.74. The zero-order chi connectivity index (χ0) is 20.8. The molecular weight excluding hydrogens is 423 g/mol. The Hall–Kier alpha value is -0.830. The highest BCUT2D eigenvalue weighted by Crippen LogP contribution is 2.49. The van der Waals surface area contributed by atoms with Crippen molar-refractivity contribution in [1.29, 1.82) is 0 Å². The molecule has 0 spiro atoms. The van der Waals surface area contributed by atoms with Crippen molar-refractivity contribution in [2.75, 3.05) is 31.3 Å². The lowest BCUT2D eigenvalue weighted by molar-refractivity contribution is -0.131. The van der Waals surface area contributed by atoms with Gasteiger partial charge in [0.2, 0.25) is 0 Å². The monoisotopic (exact) mass is 450 g/mol. The maximum atomic E-state index is 12.3. The van der Waals surface area contributed by atoms with Gasteiger partial charge in [-0.15, -0.1) is 0 Å². The van der Waals surface area contributed by atoms with Crippen molar-refractivity contribution in [1.82, 2.24) is 0 Å². The van der Waals surface area contributed by atoms with E-state index in [1.165, 1.54) is 6.92 Å². The Bertz CT molecular complexity index is 659. The first-order chi connectivity index (χ1) is 13.4. The van der Waals surface area contributed by atoms with Crippen LogP contribution in [-0.2, 0) is 22.9 Å². The molecule has 0 unspecified atom stereocenters. The molecule has 0 N–H and O–H groups in total. The third kappa shape index (κ3) is 10.1. The maximum absolute atomic E-state index is 12.3. The second-order valence-electron chi connectivity index (χ2n) is 5.38. The van der Waals surface area contributed by atoms with E-state index in [-0.39, 0.29) is 25.6 Å². The Labute approximate surface area is 174 Å². The van der Waals surface area contributed by atoms with Crippen molar-refractivity contribution < 1.29 is 32.5 Å². The summed E-state index contributed by atoms with van der Waals surface area (Å²) in [4.78, 5) is 23.5. The summed E-state index contributed by atoms with van der Waals surface area (Å²) in [7, 11) is -0.268. The van der Waals surface area contributed by atoms with Gasteiger partial charge in [0, 0.05) is 24.9 Å². The molecule has 0 radical (unpaired) electrons. The van der Waals surface area contributed by atoms with Gasteiger partial charge in [0.05, 0.1) is 25.4 Å². The van der Waals surface area contributed by atoms with Crippen LogP contribution in [0.15, 0.2) is 24.3 Å². The van der Waals surface area contributed by atoms with E-state index >= 15 is 0 Å². The Morgan fingerprint density at radius 1 is 1.00 bits per heavy atom. The molecule has 1 rings (SSSR count). The number of para-hydroxylation sites is 1. The minimum Gasteiger partial charge on any atom is -0.426 e. The average molecular weight is 451 g/mol. The molecule has 7 nitrogen and oxygen atoms in total. The summed E-state index contributed by atoms with van der Waals surface area (Å²) in [5.74, 6) is 1.19. The first-order valence-electron chi connectivity index (χ1n) is 9.00. The van der Waals surface area contributed by atoms with E-state index in [2.05, 4.69) is 0 Å². The summed E-state index contributed by atoms with van der Waals surface area (Å²) in [6.45, 7) is 5.53. The van der Waals surface area contributed by atoms with Crippen molar-refractivity contribution >= 4 is 41.2 Å².